The number of methoxy groups -OCH3 is 1. The summed E-state index contributed by atoms with van der Waals surface area (Å²) in [6, 6.07) is 12.3. The fraction of sp³-hybridized carbons (Fsp3) is 0.312. The number of nitrogens with zero attached hydrogens (tertiary/aromatic N) is 1. The van der Waals surface area contributed by atoms with Gasteiger partial charge in [0.1, 0.15) is 5.75 Å². The fourth-order valence-electron chi connectivity index (χ4n) is 2.09. The summed E-state index contributed by atoms with van der Waals surface area (Å²) in [5.74, 6) is 1.35. The van der Waals surface area contributed by atoms with E-state index in [-0.39, 0.29) is 0 Å². The largest absolute Gasteiger partial charge is 0.497 e. The summed E-state index contributed by atoms with van der Waals surface area (Å²) in [4.78, 5) is 4.46. The van der Waals surface area contributed by atoms with Crippen LogP contribution in [0.5, 0.6) is 5.75 Å². The van der Waals surface area contributed by atoms with E-state index in [1.54, 1.807) is 7.11 Å². The number of aromatic nitrogens is 1. The molecule has 2 nitrogen and oxygen atoms in total. The summed E-state index contributed by atoms with van der Waals surface area (Å²) >= 11 is 0. The van der Waals surface area contributed by atoms with Gasteiger partial charge in [-0.1, -0.05) is 25.1 Å². The Kier molecular flexibility index (Phi) is 3.98. The molecule has 1 unspecified atom stereocenters. The van der Waals surface area contributed by atoms with Crippen LogP contribution < -0.4 is 4.74 Å². The lowest BCUT2D eigenvalue weighted by molar-refractivity contribution is 0.414. The van der Waals surface area contributed by atoms with E-state index < -0.39 is 0 Å². The Morgan fingerprint density at radius 1 is 1.22 bits per heavy atom. The first-order valence-corrected chi connectivity index (χ1v) is 6.25. The second-order valence-corrected chi connectivity index (χ2v) is 4.65. The first-order chi connectivity index (χ1) is 8.70. The van der Waals surface area contributed by atoms with Crippen molar-refractivity contribution in [3.63, 3.8) is 0 Å². The van der Waals surface area contributed by atoms with Gasteiger partial charge in [0, 0.05) is 11.9 Å². The van der Waals surface area contributed by atoms with Crippen molar-refractivity contribution in [1.29, 1.82) is 0 Å². The van der Waals surface area contributed by atoms with E-state index in [4.69, 9.17) is 4.74 Å². The normalized spacial score (nSPS) is 12.2. The number of hydrogen-bond donors (Lipinski definition) is 0. The van der Waals surface area contributed by atoms with Gasteiger partial charge in [-0.05, 0) is 48.6 Å². The van der Waals surface area contributed by atoms with E-state index in [1.165, 1.54) is 16.8 Å². The van der Waals surface area contributed by atoms with Crippen LogP contribution in [0.15, 0.2) is 42.6 Å². The molecule has 0 aliphatic carbocycles. The Hall–Kier alpha value is -1.83. The molecule has 0 N–H and O–H groups in total. The predicted molar refractivity (Wildman–Crippen MR) is 74.1 cm³/mol. The molecule has 2 rings (SSSR count). The summed E-state index contributed by atoms with van der Waals surface area (Å²) in [5, 5.41) is 0. The first kappa shape index (κ1) is 12.6. The van der Waals surface area contributed by atoms with Crippen LogP contribution in [0.3, 0.4) is 0 Å². The van der Waals surface area contributed by atoms with Gasteiger partial charge in [0.15, 0.2) is 0 Å². The topological polar surface area (TPSA) is 22.1 Å². The maximum Gasteiger partial charge on any atom is 0.119 e. The molecule has 0 aliphatic rings. The Labute approximate surface area is 109 Å². The lowest BCUT2D eigenvalue weighted by atomic mass is 9.94. The van der Waals surface area contributed by atoms with Crippen molar-refractivity contribution in [3.05, 3.63) is 59.4 Å². The van der Waals surface area contributed by atoms with E-state index in [0.29, 0.717) is 5.92 Å². The van der Waals surface area contributed by atoms with E-state index in [9.17, 15) is 0 Å². The Morgan fingerprint density at radius 3 is 2.78 bits per heavy atom. The molecular formula is C16H19NO. The third-order valence-corrected chi connectivity index (χ3v) is 3.28. The number of pyridine rings is 1. The maximum atomic E-state index is 5.26. The monoisotopic (exact) mass is 241 g/mol. The van der Waals surface area contributed by atoms with Gasteiger partial charge in [-0.25, -0.2) is 0 Å². The molecule has 0 aliphatic heterocycles. The fourth-order valence-corrected chi connectivity index (χ4v) is 2.09. The van der Waals surface area contributed by atoms with Crippen molar-refractivity contribution >= 4 is 0 Å². The van der Waals surface area contributed by atoms with Crippen LogP contribution in [-0.4, -0.2) is 12.1 Å². The average molecular weight is 241 g/mol. The molecule has 0 radical (unpaired) electrons. The number of hydrogen-bond acceptors (Lipinski definition) is 2. The molecule has 1 atom stereocenters. The zero-order valence-corrected chi connectivity index (χ0v) is 11.2. The van der Waals surface area contributed by atoms with Crippen molar-refractivity contribution in [3.8, 4) is 5.75 Å². The molecule has 1 heterocycles. The number of aryl methyl sites for hydroxylation is 1. The minimum Gasteiger partial charge on any atom is -0.497 e. The summed E-state index contributed by atoms with van der Waals surface area (Å²) in [6.45, 7) is 4.34. The van der Waals surface area contributed by atoms with Crippen molar-refractivity contribution in [2.24, 2.45) is 0 Å². The molecule has 0 spiro atoms. The van der Waals surface area contributed by atoms with Gasteiger partial charge >= 0.3 is 0 Å². The van der Waals surface area contributed by atoms with Crippen LogP contribution >= 0.6 is 0 Å². The Balaban J connectivity index is 2.16. The van der Waals surface area contributed by atoms with E-state index >= 15 is 0 Å². The summed E-state index contributed by atoms with van der Waals surface area (Å²) < 4.78 is 5.26. The smallest absolute Gasteiger partial charge is 0.119 e. The molecule has 0 fully saturated rings. The summed E-state index contributed by atoms with van der Waals surface area (Å²) in [5.41, 5.74) is 3.72. The third kappa shape index (κ3) is 2.89. The highest BCUT2D eigenvalue weighted by Crippen LogP contribution is 2.24. The summed E-state index contributed by atoms with van der Waals surface area (Å²) in [7, 11) is 1.70. The minimum atomic E-state index is 0.439. The Bertz CT molecular complexity index is 522. The van der Waals surface area contributed by atoms with Crippen LogP contribution in [0.2, 0.25) is 0 Å². The second kappa shape index (κ2) is 5.67. The molecule has 2 aromatic rings. The molecule has 0 saturated heterocycles. The third-order valence-electron chi connectivity index (χ3n) is 3.28. The van der Waals surface area contributed by atoms with Gasteiger partial charge < -0.3 is 4.74 Å². The zero-order chi connectivity index (χ0) is 13.0. The summed E-state index contributed by atoms with van der Waals surface area (Å²) in [6.07, 6.45) is 2.82. The van der Waals surface area contributed by atoms with Crippen LogP contribution in [0.25, 0.3) is 0 Å². The molecule has 18 heavy (non-hydrogen) atoms. The van der Waals surface area contributed by atoms with Crippen molar-refractivity contribution in [2.75, 3.05) is 7.11 Å². The SMILES string of the molecule is COc1cccc(C(C)Cc2ncccc2C)c1. The number of rotatable bonds is 4. The lowest BCUT2D eigenvalue weighted by Crippen LogP contribution is -2.02. The average Bonchev–Trinajstić information content (AvgIpc) is 2.41. The van der Waals surface area contributed by atoms with Crippen LogP contribution in [0, 0.1) is 6.92 Å². The van der Waals surface area contributed by atoms with Crippen LogP contribution in [0.1, 0.15) is 29.7 Å². The van der Waals surface area contributed by atoms with E-state index in [1.807, 2.05) is 24.4 Å². The molecule has 0 bridgehead atoms. The van der Waals surface area contributed by atoms with Gasteiger partial charge in [-0.2, -0.15) is 0 Å². The van der Waals surface area contributed by atoms with E-state index in [0.717, 1.165) is 12.2 Å². The first-order valence-electron chi connectivity index (χ1n) is 6.25. The Morgan fingerprint density at radius 2 is 2.06 bits per heavy atom. The molecule has 2 heteroatoms. The number of ether oxygens (including phenoxy) is 1. The van der Waals surface area contributed by atoms with Gasteiger partial charge in [-0.3, -0.25) is 4.98 Å². The highest BCUT2D eigenvalue weighted by molar-refractivity contribution is 5.31. The van der Waals surface area contributed by atoms with Gasteiger partial charge in [-0.15, -0.1) is 0 Å². The quantitative estimate of drug-likeness (QED) is 0.813. The molecule has 0 saturated carbocycles. The van der Waals surface area contributed by atoms with Crippen molar-refractivity contribution in [1.82, 2.24) is 4.98 Å². The van der Waals surface area contributed by atoms with Crippen molar-refractivity contribution in [2.45, 2.75) is 26.2 Å². The maximum absolute atomic E-state index is 5.26. The minimum absolute atomic E-state index is 0.439. The second-order valence-electron chi connectivity index (χ2n) is 4.65. The number of benzene rings is 1. The zero-order valence-electron chi connectivity index (χ0n) is 11.2. The molecule has 1 aromatic heterocycles. The highest BCUT2D eigenvalue weighted by Gasteiger charge is 2.09. The molecule has 94 valence electrons. The molecule has 1 aromatic carbocycles. The van der Waals surface area contributed by atoms with Crippen LogP contribution in [0.4, 0.5) is 0 Å². The molecular weight excluding hydrogens is 222 g/mol. The van der Waals surface area contributed by atoms with Gasteiger partial charge in [0.2, 0.25) is 0 Å². The van der Waals surface area contributed by atoms with Crippen molar-refractivity contribution < 1.29 is 4.74 Å². The van der Waals surface area contributed by atoms with Gasteiger partial charge in [0.25, 0.3) is 0 Å². The highest BCUT2D eigenvalue weighted by atomic mass is 16.5. The predicted octanol–water partition coefficient (Wildman–Crippen LogP) is 3.74. The standard InChI is InChI=1S/C16H19NO/c1-12-6-5-9-17-16(12)10-13(2)14-7-4-8-15(11-14)18-3/h4-9,11,13H,10H2,1-3H3. The van der Waals surface area contributed by atoms with E-state index in [2.05, 4.69) is 37.0 Å². The van der Waals surface area contributed by atoms with Crippen LogP contribution in [-0.2, 0) is 6.42 Å². The lowest BCUT2D eigenvalue weighted by Gasteiger charge is -2.13. The van der Waals surface area contributed by atoms with Gasteiger partial charge in [0.05, 0.1) is 7.11 Å². The molecule has 0 amide bonds.